The van der Waals surface area contributed by atoms with Gasteiger partial charge in [-0.15, -0.1) is 0 Å². The van der Waals surface area contributed by atoms with E-state index in [1.807, 2.05) is 20.9 Å². The van der Waals surface area contributed by atoms with E-state index in [-0.39, 0.29) is 16.3 Å². The number of carboxylic acid groups (broad SMARTS) is 1. The minimum atomic E-state index is -3.70. The van der Waals surface area contributed by atoms with Crippen LogP contribution in [0.4, 0.5) is 0 Å². The summed E-state index contributed by atoms with van der Waals surface area (Å²) in [4.78, 5) is 32.1. The van der Waals surface area contributed by atoms with Crippen molar-refractivity contribution in [2.75, 3.05) is 39.8 Å². The number of benzene rings is 1. The van der Waals surface area contributed by atoms with Crippen molar-refractivity contribution in [3.63, 3.8) is 0 Å². The van der Waals surface area contributed by atoms with Gasteiger partial charge in [0, 0.05) is 33.2 Å². The summed E-state index contributed by atoms with van der Waals surface area (Å²) < 4.78 is 35.4. The molecule has 1 aliphatic heterocycles. The van der Waals surface area contributed by atoms with Crippen LogP contribution in [0.2, 0.25) is 0 Å². The number of aryl methyl sites for hydroxylation is 2. The van der Waals surface area contributed by atoms with E-state index in [9.17, 15) is 18.0 Å². The normalized spacial score (nSPS) is 15.5. The lowest BCUT2D eigenvalue weighted by Crippen LogP contribution is -2.47. The maximum atomic E-state index is 13.3. The van der Waals surface area contributed by atoms with Crippen LogP contribution in [0.5, 0.6) is 5.75 Å². The molecule has 39 heavy (non-hydrogen) atoms. The maximum Gasteiger partial charge on any atom is 0.332 e. The molecule has 3 heterocycles. The molecule has 14 heteroatoms. The van der Waals surface area contributed by atoms with Gasteiger partial charge in [0.15, 0.2) is 5.52 Å². The number of hydrogen-bond donors (Lipinski definition) is 3. The molecule has 1 aromatic carbocycles. The SMILES string of the molecule is CC(O)C(=O)O.CCCc1nn(C)c2c(=O)[nH]c(-c3cc(S(=O)(=O)N4CCN(C)CC4)ccc3OCC)nc12. The van der Waals surface area contributed by atoms with Crippen LogP contribution in [0.15, 0.2) is 27.9 Å². The molecule has 1 unspecified atom stereocenters. The van der Waals surface area contributed by atoms with Crippen molar-refractivity contribution in [1.29, 1.82) is 0 Å². The quantitative estimate of drug-likeness (QED) is 0.359. The molecule has 1 aliphatic rings. The second-order valence-electron chi connectivity index (χ2n) is 9.24. The second-order valence-corrected chi connectivity index (χ2v) is 11.2. The van der Waals surface area contributed by atoms with Crippen molar-refractivity contribution in [3.05, 3.63) is 34.2 Å². The zero-order valence-electron chi connectivity index (χ0n) is 22.8. The molecule has 1 fully saturated rings. The Kier molecular flexibility index (Phi) is 9.83. The molecule has 0 bridgehead atoms. The van der Waals surface area contributed by atoms with Gasteiger partial charge in [0.2, 0.25) is 10.0 Å². The van der Waals surface area contributed by atoms with E-state index in [4.69, 9.17) is 19.9 Å². The predicted octanol–water partition coefficient (Wildman–Crippen LogP) is 1.06. The number of aliphatic hydroxyl groups is 1. The number of nitrogens with zero attached hydrogens (tertiary/aromatic N) is 5. The zero-order valence-corrected chi connectivity index (χ0v) is 23.7. The van der Waals surface area contributed by atoms with Crippen molar-refractivity contribution in [1.82, 2.24) is 29.0 Å². The molecule has 214 valence electrons. The Morgan fingerprint density at radius 2 is 1.82 bits per heavy atom. The van der Waals surface area contributed by atoms with Crippen LogP contribution < -0.4 is 10.3 Å². The highest BCUT2D eigenvalue weighted by atomic mass is 32.2. The number of carbonyl (C=O) groups is 1. The summed E-state index contributed by atoms with van der Waals surface area (Å²) in [6, 6.07) is 4.71. The molecule has 2 aromatic heterocycles. The first-order chi connectivity index (χ1) is 18.4. The van der Waals surface area contributed by atoms with Gasteiger partial charge >= 0.3 is 5.97 Å². The van der Waals surface area contributed by atoms with Crippen molar-refractivity contribution < 1.29 is 28.2 Å². The molecule has 0 radical (unpaired) electrons. The summed E-state index contributed by atoms with van der Waals surface area (Å²) in [7, 11) is -0.00831. The molecule has 4 rings (SSSR count). The minimum Gasteiger partial charge on any atom is -0.493 e. The fourth-order valence-corrected chi connectivity index (χ4v) is 5.54. The van der Waals surface area contributed by atoms with Gasteiger partial charge in [-0.05, 0) is 45.5 Å². The lowest BCUT2D eigenvalue weighted by Gasteiger charge is -2.31. The number of likely N-dealkylation sites (N-methyl/N-ethyl adjacent to an activating group) is 1. The van der Waals surface area contributed by atoms with Gasteiger partial charge in [0.1, 0.15) is 23.2 Å². The standard InChI is InChI=1S/C22H30N6O4S.C3H6O3/c1-5-7-17-19-20(27(4)25-17)22(29)24-21(23-19)16-14-15(8-9-18(16)32-6-2)33(30,31)28-12-10-26(3)11-13-28;1-2(4)3(5)6/h8-9,14H,5-7,10-13H2,1-4H3,(H,23,24,29);2,4H,1H3,(H,5,6). The van der Waals surface area contributed by atoms with Crippen molar-refractivity contribution in [3.8, 4) is 17.1 Å². The van der Waals surface area contributed by atoms with Crippen molar-refractivity contribution in [2.45, 2.75) is 44.6 Å². The Morgan fingerprint density at radius 1 is 1.18 bits per heavy atom. The highest BCUT2D eigenvalue weighted by Crippen LogP contribution is 2.32. The number of hydrogen-bond acceptors (Lipinski definition) is 9. The third-order valence-corrected chi connectivity index (χ3v) is 8.11. The average molecular weight is 565 g/mol. The maximum absolute atomic E-state index is 13.3. The lowest BCUT2D eigenvalue weighted by molar-refractivity contribution is -0.145. The average Bonchev–Trinajstić information content (AvgIpc) is 3.20. The smallest absolute Gasteiger partial charge is 0.332 e. The number of aromatic nitrogens is 4. The Labute approximate surface area is 227 Å². The number of fused-ring (bicyclic) bond motifs is 1. The molecule has 0 amide bonds. The Morgan fingerprint density at radius 3 is 2.38 bits per heavy atom. The largest absolute Gasteiger partial charge is 0.493 e. The summed E-state index contributed by atoms with van der Waals surface area (Å²) >= 11 is 0. The van der Waals surface area contributed by atoms with Crippen LogP contribution in [-0.2, 0) is 28.3 Å². The third-order valence-electron chi connectivity index (χ3n) is 6.21. The first-order valence-electron chi connectivity index (χ1n) is 12.7. The number of aliphatic hydroxyl groups excluding tert-OH is 1. The summed E-state index contributed by atoms with van der Waals surface area (Å²) in [5.41, 5.74) is 1.75. The Hall–Kier alpha value is -3.33. The molecular formula is C25H36N6O7S. The number of rotatable bonds is 8. The van der Waals surface area contributed by atoms with Gasteiger partial charge in [-0.2, -0.15) is 9.40 Å². The number of aliphatic carboxylic acids is 1. The highest BCUT2D eigenvalue weighted by molar-refractivity contribution is 7.89. The van der Waals surface area contributed by atoms with Gasteiger partial charge in [-0.3, -0.25) is 9.48 Å². The van der Waals surface area contributed by atoms with Crippen LogP contribution in [0.1, 0.15) is 32.9 Å². The third kappa shape index (κ3) is 6.82. The van der Waals surface area contributed by atoms with Gasteiger partial charge in [-0.1, -0.05) is 13.3 Å². The molecular weight excluding hydrogens is 528 g/mol. The van der Waals surface area contributed by atoms with Crippen LogP contribution in [0.3, 0.4) is 0 Å². The summed E-state index contributed by atoms with van der Waals surface area (Å²) in [5.74, 6) is -0.468. The minimum absolute atomic E-state index is 0.147. The Balaban J connectivity index is 0.000000631. The Bertz CT molecular complexity index is 1470. The fourth-order valence-electron chi connectivity index (χ4n) is 4.09. The predicted molar refractivity (Wildman–Crippen MR) is 145 cm³/mol. The van der Waals surface area contributed by atoms with Crippen LogP contribution >= 0.6 is 0 Å². The summed E-state index contributed by atoms with van der Waals surface area (Å²) in [6.45, 7) is 7.68. The van der Waals surface area contributed by atoms with E-state index >= 15 is 0 Å². The monoisotopic (exact) mass is 564 g/mol. The van der Waals surface area contributed by atoms with Crippen LogP contribution in [0.25, 0.3) is 22.4 Å². The topological polar surface area (TPSA) is 171 Å². The first kappa shape index (κ1) is 30.2. The number of H-pyrrole nitrogens is 1. The lowest BCUT2D eigenvalue weighted by atomic mass is 10.1. The molecule has 0 spiro atoms. The highest BCUT2D eigenvalue weighted by Gasteiger charge is 2.29. The molecule has 0 saturated carbocycles. The fraction of sp³-hybridized carbons (Fsp3) is 0.520. The second kappa shape index (κ2) is 12.7. The van der Waals surface area contributed by atoms with Crippen LogP contribution in [-0.4, -0.2) is 99.5 Å². The van der Waals surface area contributed by atoms with Gasteiger partial charge in [-0.25, -0.2) is 18.2 Å². The molecule has 13 nitrogen and oxygen atoms in total. The van der Waals surface area contributed by atoms with E-state index in [0.29, 0.717) is 61.6 Å². The molecule has 3 aromatic rings. The number of piperazine rings is 1. The van der Waals surface area contributed by atoms with Crippen molar-refractivity contribution >= 4 is 27.0 Å². The molecule has 3 N–H and O–H groups in total. The van der Waals surface area contributed by atoms with E-state index < -0.39 is 22.1 Å². The van der Waals surface area contributed by atoms with Gasteiger partial charge in [0.05, 0.1) is 22.8 Å². The molecule has 1 saturated heterocycles. The van der Waals surface area contributed by atoms with E-state index in [1.165, 1.54) is 15.9 Å². The van der Waals surface area contributed by atoms with Gasteiger partial charge in [0.25, 0.3) is 5.56 Å². The van der Waals surface area contributed by atoms with Crippen molar-refractivity contribution in [2.24, 2.45) is 7.05 Å². The van der Waals surface area contributed by atoms with E-state index in [2.05, 4.69) is 15.0 Å². The number of sulfonamides is 1. The number of carboxylic acids is 1. The summed E-state index contributed by atoms with van der Waals surface area (Å²) in [5, 5.41) is 20.2. The number of nitrogens with one attached hydrogen (secondary N) is 1. The van der Waals surface area contributed by atoms with Gasteiger partial charge < -0.3 is 24.8 Å². The van der Waals surface area contributed by atoms with Crippen LogP contribution in [0, 0.1) is 0 Å². The van der Waals surface area contributed by atoms with E-state index in [1.54, 1.807) is 25.2 Å². The molecule has 0 aliphatic carbocycles. The zero-order chi connectivity index (χ0) is 28.9. The number of ether oxygens (including phenoxy) is 1. The summed E-state index contributed by atoms with van der Waals surface area (Å²) in [6.07, 6.45) is 0.312. The number of aromatic amines is 1. The molecule has 1 atom stereocenters. The first-order valence-corrected chi connectivity index (χ1v) is 14.2. The van der Waals surface area contributed by atoms with E-state index in [0.717, 1.165) is 12.1 Å².